The summed E-state index contributed by atoms with van der Waals surface area (Å²) in [7, 11) is 1.95. The molecule has 7 nitrogen and oxygen atoms in total. The smallest absolute Gasteiger partial charge is 0.251 e. The van der Waals surface area contributed by atoms with Crippen LogP contribution in [0.5, 0.6) is 0 Å². The number of carbonyl (C=O) groups excluding carboxylic acids is 2. The van der Waals surface area contributed by atoms with Gasteiger partial charge in [0, 0.05) is 35.8 Å². The molecule has 1 fully saturated rings. The van der Waals surface area contributed by atoms with Crippen LogP contribution in [0.2, 0.25) is 0 Å². The van der Waals surface area contributed by atoms with Gasteiger partial charge < -0.3 is 20.9 Å². The number of H-pyrrole nitrogens is 1. The van der Waals surface area contributed by atoms with Gasteiger partial charge in [-0.3, -0.25) is 9.59 Å². The lowest BCUT2D eigenvalue weighted by atomic mass is 9.90. The van der Waals surface area contributed by atoms with Crippen LogP contribution < -0.4 is 16.0 Å². The molecule has 0 saturated heterocycles. The van der Waals surface area contributed by atoms with E-state index in [0.29, 0.717) is 11.6 Å². The Hall–Kier alpha value is -3.19. The molecule has 3 aromatic rings. The number of benzene rings is 2. The predicted molar refractivity (Wildman–Crippen MR) is 118 cm³/mol. The van der Waals surface area contributed by atoms with Crippen LogP contribution in [-0.4, -0.2) is 40.9 Å². The highest BCUT2D eigenvalue weighted by Crippen LogP contribution is 2.24. The monoisotopic (exact) mass is 405 g/mol. The zero-order chi connectivity index (χ0) is 21.1. The van der Waals surface area contributed by atoms with Gasteiger partial charge in [0.1, 0.15) is 5.82 Å². The van der Waals surface area contributed by atoms with E-state index in [9.17, 15) is 9.59 Å². The first-order valence-corrected chi connectivity index (χ1v) is 10.4. The van der Waals surface area contributed by atoms with E-state index in [1.807, 2.05) is 49.5 Å². The number of carbonyl (C=O) groups is 2. The molecule has 0 bridgehead atoms. The number of nitrogens with zero attached hydrogens (tertiary/aromatic N) is 1. The Morgan fingerprint density at radius 3 is 2.47 bits per heavy atom. The number of rotatable bonds is 5. The first-order valence-electron chi connectivity index (χ1n) is 10.4. The van der Waals surface area contributed by atoms with Gasteiger partial charge in [0.05, 0.1) is 11.0 Å². The fourth-order valence-electron chi connectivity index (χ4n) is 4.10. The molecule has 1 heterocycles. The summed E-state index contributed by atoms with van der Waals surface area (Å²) in [5, 5.41) is 9.27. The average Bonchev–Trinajstić information content (AvgIpc) is 3.17. The van der Waals surface area contributed by atoms with Crippen molar-refractivity contribution >= 4 is 28.5 Å². The minimum atomic E-state index is -0.105. The maximum atomic E-state index is 12.8. The van der Waals surface area contributed by atoms with Crippen LogP contribution >= 0.6 is 0 Å². The van der Waals surface area contributed by atoms with Crippen LogP contribution in [0.25, 0.3) is 22.4 Å². The zero-order valence-corrected chi connectivity index (χ0v) is 17.3. The summed E-state index contributed by atoms with van der Waals surface area (Å²) in [6.45, 7) is 1.48. The van der Waals surface area contributed by atoms with Gasteiger partial charge in [0.25, 0.3) is 5.91 Å². The van der Waals surface area contributed by atoms with E-state index < -0.39 is 0 Å². The van der Waals surface area contributed by atoms with Gasteiger partial charge in [0.15, 0.2) is 0 Å². The van der Waals surface area contributed by atoms with Gasteiger partial charge in [-0.05, 0) is 62.4 Å². The number of anilines is 1. The number of imidazole rings is 1. The largest absolute Gasteiger partial charge is 0.348 e. The number of fused-ring (bicyclic) bond motifs is 1. The number of hydrogen-bond acceptors (Lipinski definition) is 4. The SMILES string of the molecule is CN[C@@H]1CCCCC1NC(=O)c1ccc2nc(-c3ccc(NC(C)=O)cc3)[nH]c2c1. The molecule has 7 heteroatoms. The number of amides is 2. The summed E-state index contributed by atoms with van der Waals surface area (Å²) in [5.74, 6) is 0.561. The molecule has 0 spiro atoms. The summed E-state index contributed by atoms with van der Waals surface area (Å²) in [6.07, 6.45) is 4.44. The highest BCUT2D eigenvalue weighted by molar-refractivity contribution is 5.98. The minimum Gasteiger partial charge on any atom is -0.348 e. The van der Waals surface area contributed by atoms with Gasteiger partial charge in [-0.1, -0.05) is 12.8 Å². The van der Waals surface area contributed by atoms with E-state index >= 15 is 0 Å². The second-order valence-electron chi connectivity index (χ2n) is 7.84. The van der Waals surface area contributed by atoms with E-state index in [1.165, 1.54) is 13.3 Å². The van der Waals surface area contributed by atoms with Crippen molar-refractivity contribution < 1.29 is 9.59 Å². The normalized spacial score (nSPS) is 18.9. The molecule has 4 rings (SSSR count). The number of hydrogen-bond donors (Lipinski definition) is 4. The molecule has 156 valence electrons. The van der Waals surface area contributed by atoms with Gasteiger partial charge in [-0.25, -0.2) is 4.98 Å². The second kappa shape index (κ2) is 8.67. The quantitative estimate of drug-likeness (QED) is 0.522. The highest BCUT2D eigenvalue weighted by Gasteiger charge is 2.25. The molecule has 1 aromatic heterocycles. The number of aromatic nitrogens is 2. The molecule has 0 aliphatic heterocycles. The van der Waals surface area contributed by atoms with E-state index in [4.69, 9.17) is 0 Å². The fraction of sp³-hybridized carbons (Fsp3) is 0.348. The maximum absolute atomic E-state index is 12.8. The predicted octanol–water partition coefficient (Wildman–Crippen LogP) is 3.45. The van der Waals surface area contributed by atoms with Crippen molar-refractivity contribution in [1.82, 2.24) is 20.6 Å². The lowest BCUT2D eigenvalue weighted by Gasteiger charge is -2.31. The molecule has 1 saturated carbocycles. The second-order valence-corrected chi connectivity index (χ2v) is 7.84. The molecule has 0 radical (unpaired) electrons. The Balaban J connectivity index is 1.52. The number of aromatic amines is 1. The molecular formula is C23H27N5O2. The first-order chi connectivity index (χ1) is 14.5. The van der Waals surface area contributed by atoms with Crippen LogP contribution in [0, 0.1) is 0 Å². The van der Waals surface area contributed by atoms with Gasteiger partial charge in [-0.2, -0.15) is 0 Å². The topological polar surface area (TPSA) is 98.9 Å². The molecular weight excluding hydrogens is 378 g/mol. The van der Waals surface area contributed by atoms with Crippen molar-refractivity contribution in [2.45, 2.75) is 44.7 Å². The number of nitrogens with one attached hydrogen (secondary N) is 4. The van der Waals surface area contributed by atoms with Gasteiger partial charge in [0.2, 0.25) is 5.91 Å². The summed E-state index contributed by atoms with van der Waals surface area (Å²) in [4.78, 5) is 31.9. The third kappa shape index (κ3) is 4.36. The molecule has 1 unspecified atom stereocenters. The van der Waals surface area contributed by atoms with E-state index in [1.54, 1.807) is 0 Å². The molecule has 1 aliphatic carbocycles. The Labute approximate surface area is 175 Å². The van der Waals surface area contributed by atoms with Crippen molar-refractivity contribution in [3.05, 3.63) is 48.0 Å². The summed E-state index contributed by atoms with van der Waals surface area (Å²) in [6, 6.07) is 13.5. The Bertz CT molecular complexity index is 1060. The molecule has 2 amide bonds. The third-order valence-corrected chi connectivity index (χ3v) is 5.68. The summed E-state index contributed by atoms with van der Waals surface area (Å²) >= 11 is 0. The van der Waals surface area contributed by atoms with Crippen molar-refractivity contribution in [3.8, 4) is 11.4 Å². The average molecular weight is 406 g/mol. The van der Waals surface area contributed by atoms with Crippen LogP contribution in [0.1, 0.15) is 43.0 Å². The van der Waals surface area contributed by atoms with Crippen molar-refractivity contribution in [3.63, 3.8) is 0 Å². The first kappa shape index (κ1) is 20.1. The van der Waals surface area contributed by atoms with Gasteiger partial charge in [-0.15, -0.1) is 0 Å². The highest BCUT2D eigenvalue weighted by atomic mass is 16.2. The lowest BCUT2D eigenvalue weighted by molar-refractivity contribution is -0.114. The van der Waals surface area contributed by atoms with E-state index in [2.05, 4.69) is 25.9 Å². The minimum absolute atomic E-state index is 0.0557. The standard InChI is InChI=1S/C23H27N5O2/c1-14(29)25-17-10-7-15(8-11-17)22-26-20-12-9-16(13-21(20)27-22)23(30)28-19-6-4-3-5-18(19)24-2/h7-13,18-19,24H,3-6H2,1-2H3,(H,25,29)(H,26,27)(H,28,30)/t18-,19?/m1/s1. The summed E-state index contributed by atoms with van der Waals surface area (Å²) in [5.41, 5.74) is 3.89. The molecule has 30 heavy (non-hydrogen) atoms. The molecule has 1 aliphatic rings. The fourth-order valence-corrected chi connectivity index (χ4v) is 4.10. The van der Waals surface area contributed by atoms with Crippen molar-refractivity contribution in [2.75, 3.05) is 12.4 Å². The van der Waals surface area contributed by atoms with E-state index in [0.717, 1.165) is 47.4 Å². The van der Waals surface area contributed by atoms with E-state index in [-0.39, 0.29) is 17.9 Å². The van der Waals surface area contributed by atoms with Crippen LogP contribution in [0.4, 0.5) is 5.69 Å². The van der Waals surface area contributed by atoms with Crippen molar-refractivity contribution in [1.29, 1.82) is 0 Å². The van der Waals surface area contributed by atoms with Crippen LogP contribution in [0.3, 0.4) is 0 Å². The van der Waals surface area contributed by atoms with Crippen molar-refractivity contribution in [2.24, 2.45) is 0 Å². The number of likely N-dealkylation sites (N-methyl/N-ethyl adjacent to an activating group) is 1. The molecule has 4 N–H and O–H groups in total. The maximum Gasteiger partial charge on any atom is 0.251 e. The third-order valence-electron chi connectivity index (χ3n) is 5.68. The Morgan fingerprint density at radius 1 is 1.03 bits per heavy atom. The van der Waals surface area contributed by atoms with Gasteiger partial charge >= 0.3 is 0 Å². The summed E-state index contributed by atoms with van der Waals surface area (Å²) < 4.78 is 0. The molecule has 2 atom stereocenters. The lowest BCUT2D eigenvalue weighted by Crippen LogP contribution is -2.50. The van der Waals surface area contributed by atoms with Crippen LogP contribution in [-0.2, 0) is 4.79 Å². The Morgan fingerprint density at radius 2 is 1.77 bits per heavy atom. The molecule has 2 aromatic carbocycles. The zero-order valence-electron chi connectivity index (χ0n) is 17.3. The Kier molecular flexibility index (Phi) is 5.81. The van der Waals surface area contributed by atoms with Crippen LogP contribution in [0.15, 0.2) is 42.5 Å².